The molecule has 0 aliphatic rings. The van der Waals surface area contributed by atoms with Gasteiger partial charge in [0, 0.05) is 33.1 Å². The van der Waals surface area contributed by atoms with Gasteiger partial charge in [-0.15, -0.1) is 0 Å². The molecule has 0 aliphatic carbocycles. The summed E-state index contributed by atoms with van der Waals surface area (Å²) < 4.78 is 0. The second kappa shape index (κ2) is 6.62. The van der Waals surface area contributed by atoms with Gasteiger partial charge in [0.25, 0.3) is 0 Å². The smallest absolute Gasteiger partial charge is 0.222 e. The molecular formula is C13H26N2O2. The largest absolute Gasteiger partial charge is 0.348 e. The number of hydrogen-bond acceptors (Lipinski definition) is 2. The lowest BCUT2D eigenvalue weighted by Crippen LogP contribution is -2.35. The van der Waals surface area contributed by atoms with Crippen LogP contribution >= 0.6 is 0 Å². The summed E-state index contributed by atoms with van der Waals surface area (Å²) in [5.74, 6) is 0.168. The summed E-state index contributed by atoms with van der Waals surface area (Å²) in [6.07, 6.45) is 2.15. The zero-order chi connectivity index (χ0) is 13.6. The predicted molar refractivity (Wildman–Crippen MR) is 69.6 cm³/mol. The van der Waals surface area contributed by atoms with Crippen LogP contribution in [0.5, 0.6) is 0 Å². The first-order valence-electron chi connectivity index (χ1n) is 6.11. The van der Waals surface area contributed by atoms with Gasteiger partial charge in [0.05, 0.1) is 0 Å². The first-order valence-corrected chi connectivity index (χ1v) is 6.11. The molecule has 0 unspecified atom stereocenters. The van der Waals surface area contributed by atoms with Crippen LogP contribution in [0.15, 0.2) is 0 Å². The van der Waals surface area contributed by atoms with Gasteiger partial charge < -0.3 is 9.80 Å². The minimum atomic E-state index is -0.0247. The summed E-state index contributed by atoms with van der Waals surface area (Å²) in [6.45, 7) is 8.84. The summed E-state index contributed by atoms with van der Waals surface area (Å²) in [7, 11) is 3.59. The Morgan fingerprint density at radius 2 is 1.82 bits per heavy atom. The van der Waals surface area contributed by atoms with Crippen molar-refractivity contribution in [2.24, 2.45) is 5.41 Å². The summed E-state index contributed by atoms with van der Waals surface area (Å²) in [6, 6.07) is 0.239. The molecule has 4 heteroatoms. The van der Waals surface area contributed by atoms with Gasteiger partial charge >= 0.3 is 0 Å². The molecular weight excluding hydrogens is 216 g/mol. The van der Waals surface area contributed by atoms with Gasteiger partial charge in [0.1, 0.15) is 0 Å². The minimum Gasteiger partial charge on any atom is -0.348 e. The van der Waals surface area contributed by atoms with Gasteiger partial charge in [0.2, 0.25) is 12.3 Å². The number of hydrogen-bond donors (Lipinski definition) is 0. The lowest BCUT2D eigenvalue weighted by Gasteiger charge is -2.29. The van der Waals surface area contributed by atoms with Crippen molar-refractivity contribution < 1.29 is 9.59 Å². The van der Waals surface area contributed by atoms with Crippen LogP contribution < -0.4 is 0 Å². The van der Waals surface area contributed by atoms with E-state index in [-0.39, 0.29) is 17.4 Å². The quantitative estimate of drug-likeness (QED) is 0.638. The van der Waals surface area contributed by atoms with E-state index in [4.69, 9.17) is 0 Å². The second-order valence-corrected chi connectivity index (χ2v) is 5.78. The Balaban J connectivity index is 4.17. The molecule has 0 N–H and O–H groups in total. The molecule has 0 aromatic rings. The fourth-order valence-corrected chi connectivity index (χ4v) is 1.70. The van der Waals surface area contributed by atoms with E-state index in [0.717, 1.165) is 12.8 Å². The number of rotatable bonds is 7. The average Bonchev–Trinajstić information content (AvgIpc) is 2.24. The van der Waals surface area contributed by atoms with E-state index >= 15 is 0 Å². The number of carbonyl (C=O) groups excluding carboxylic acids is 2. The molecule has 0 fully saturated rings. The highest BCUT2D eigenvalue weighted by atomic mass is 16.2. The Hall–Kier alpha value is -1.06. The SMILES string of the molecule is CC(C)N(C)C(=O)CCC(C)(C)CN(C)C=O. The molecule has 0 aromatic heterocycles. The van der Waals surface area contributed by atoms with Crippen LogP contribution in [0.3, 0.4) is 0 Å². The van der Waals surface area contributed by atoms with Crippen molar-refractivity contribution in [3.63, 3.8) is 0 Å². The Labute approximate surface area is 105 Å². The van der Waals surface area contributed by atoms with Crippen LogP contribution in [0.1, 0.15) is 40.5 Å². The molecule has 0 aromatic carbocycles. The molecule has 0 heterocycles. The van der Waals surface area contributed by atoms with Crippen molar-refractivity contribution in [1.82, 2.24) is 9.80 Å². The van der Waals surface area contributed by atoms with E-state index in [0.29, 0.717) is 13.0 Å². The molecule has 0 atom stereocenters. The van der Waals surface area contributed by atoms with E-state index in [1.165, 1.54) is 0 Å². The van der Waals surface area contributed by atoms with Gasteiger partial charge in [-0.1, -0.05) is 13.8 Å². The Kier molecular flexibility index (Phi) is 6.21. The fourth-order valence-electron chi connectivity index (χ4n) is 1.70. The van der Waals surface area contributed by atoms with E-state index in [1.54, 1.807) is 16.8 Å². The zero-order valence-electron chi connectivity index (χ0n) is 12.0. The van der Waals surface area contributed by atoms with Crippen molar-refractivity contribution in [2.45, 2.75) is 46.6 Å². The third kappa shape index (κ3) is 6.29. The molecule has 2 amide bonds. The van der Waals surface area contributed by atoms with Gasteiger partial charge in [0.15, 0.2) is 0 Å². The second-order valence-electron chi connectivity index (χ2n) is 5.78. The standard InChI is InChI=1S/C13H26N2O2/c1-11(2)15(6)12(17)7-8-13(3,4)9-14(5)10-16/h10-11H,7-9H2,1-6H3. The first-order chi connectivity index (χ1) is 7.69. The fraction of sp³-hybridized carbons (Fsp3) is 0.846. The Morgan fingerprint density at radius 3 is 2.24 bits per heavy atom. The van der Waals surface area contributed by atoms with Crippen LogP contribution in [0, 0.1) is 5.41 Å². The van der Waals surface area contributed by atoms with E-state index in [1.807, 2.05) is 20.9 Å². The van der Waals surface area contributed by atoms with Crippen LogP contribution in [-0.2, 0) is 9.59 Å². The third-order valence-corrected chi connectivity index (χ3v) is 3.04. The molecule has 4 nitrogen and oxygen atoms in total. The zero-order valence-corrected chi connectivity index (χ0v) is 12.0. The molecule has 0 bridgehead atoms. The number of nitrogens with zero attached hydrogens (tertiary/aromatic N) is 2. The van der Waals surface area contributed by atoms with Gasteiger partial charge in [-0.25, -0.2) is 0 Å². The molecule has 100 valence electrons. The van der Waals surface area contributed by atoms with E-state index in [9.17, 15) is 9.59 Å². The summed E-state index contributed by atoms with van der Waals surface area (Å²) in [4.78, 5) is 25.8. The van der Waals surface area contributed by atoms with Crippen LogP contribution in [0.25, 0.3) is 0 Å². The summed E-state index contributed by atoms with van der Waals surface area (Å²) >= 11 is 0. The van der Waals surface area contributed by atoms with Crippen molar-refractivity contribution in [1.29, 1.82) is 0 Å². The normalized spacial score (nSPS) is 11.5. The van der Waals surface area contributed by atoms with Gasteiger partial charge in [-0.2, -0.15) is 0 Å². The summed E-state index contributed by atoms with van der Waals surface area (Å²) in [5, 5.41) is 0. The lowest BCUT2D eigenvalue weighted by atomic mass is 9.87. The number of carbonyl (C=O) groups is 2. The predicted octanol–water partition coefficient (Wildman–Crippen LogP) is 1.75. The maximum Gasteiger partial charge on any atom is 0.222 e. The lowest BCUT2D eigenvalue weighted by molar-refractivity contribution is -0.132. The Bertz CT molecular complexity index is 262. The Morgan fingerprint density at radius 1 is 1.29 bits per heavy atom. The molecule has 0 spiro atoms. The van der Waals surface area contributed by atoms with E-state index < -0.39 is 0 Å². The van der Waals surface area contributed by atoms with Gasteiger partial charge in [-0.05, 0) is 25.7 Å². The summed E-state index contributed by atoms with van der Waals surface area (Å²) in [5.41, 5.74) is -0.0247. The van der Waals surface area contributed by atoms with Crippen molar-refractivity contribution in [3.8, 4) is 0 Å². The third-order valence-electron chi connectivity index (χ3n) is 3.04. The maximum absolute atomic E-state index is 11.8. The van der Waals surface area contributed by atoms with Crippen LogP contribution in [-0.4, -0.2) is 48.8 Å². The monoisotopic (exact) mass is 242 g/mol. The molecule has 0 saturated heterocycles. The average molecular weight is 242 g/mol. The highest BCUT2D eigenvalue weighted by molar-refractivity contribution is 5.76. The molecule has 0 rings (SSSR count). The van der Waals surface area contributed by atoms with Crippen LogP contribution in [0.2, 0.25) is 0 Å². The topological polar surface area (TPSA) is 40.6 Å². The minimum absolute atomic E-state index is 0.0247. The molecule has 17 heavy (non-hydrogen) atoms. The van der Waals surface area contributed by atoms with Gasteiger partial charge in [-0.3, -0.25) is 9.59 Å². The highest BCUT2D eigenvalue weighted by Crippen LogP contribution is 2.23. The van der Waals surface area contributed by atoms with Crippen molar-refractivity contribution >= 4 is 12.3 Å². The molecule has 0 radical (unpaired) electrons. The van der Waals surface area contributed by atoms with E-state index in [2.05, 4.69) is 13.8 Å². The first kappa shape index (κ1) is 15.9. The molecule has 0 aliphatic heterocycles. The van der Waals surface area contributed by atoms with Crippen molar-refractivity contribution in [3.05, 3.63) is 0 Å². The molecule has 0 saturated carbocycles. The van der Waals surface area contributed by atoms with Crippen molar-refractivity contribution in [2.75, 3.05) is 20.6 Å². The maximum atomic E-state index is 11.8. The van der Waals surface area contributed by atoms with Crippen LogP contribution in [0.4, 0.5) is 0 Å². The number of amides is 2. The highest BCUT2D eigenvalue weighted by Gasteiger charge is 2.22.